The first kappa shape index (κ1) is 19.0. The van der Waals surface area contributed by atoms with Gasteiger partial charge in [0.2, 0.25) is 0 Å². The number of benzene rings is 2. The van der Waals surface area contributed by atoms with E-state index in [9.17, 15) is 9.59 Å². The van der Waals surface area contributed by atoms with Crippen molar-refractivity contribution >= 4 is 39.3 Å². The van der Waals surface area contributed by atoms with Gasteiger partial charge in [-0.15, -0.1) is 0 Å². The van der Waals surface area contributed by atoms with Crippen molar-refractivity contribution in [2.75, 3.05) is 10.6 Å². The Balaban J connectivity index is 2.11. The number of halogens is 1. The number of hydrogen-bond acceptors (Lipinski definition) is 3. The van der Waals surface area contributed by atoms with Gasteiger partial charge in [0, 0.05) is 10.9 Å². The zero-order valence-corrected chi connectivity index (χ0v) is 16.0. The molecule has 132 valence electrons. The van der Waals surface area contributed by atoms with Gasteiger partial charge >= 0.3 is 6.09 Å². The molecule has 0 fully saturated rings. The van der Waals surface area contributed by atoms with Crippen molar-refractivity contribution in [1.29, 1.82) is 0 Å². The number of alkyl halides is 1. The summed E-state index contributed by atoms with van der Waals surface area (Å²) in [5.74, 6) is -0.250. The van der Waals surface area contributed by atoms with Crippen LogP contribution in [0.4, 0.5) is 16.2 Å². The van der Waals surface area contributed by atoms with Crippen molar-refractivity contribution in [1.82, 2.24) is 0 Å². The van der Waals surface area contributed by atoms with Crippen LogP contribution in [0.3, 0.4) is 0 Å². The molecule has 0 bridgehead atoms. The molecule has 2 rings (SSSR count). The second-order valence-electron chi connectivity index (χ2n) is 6.46. The molecule has 2 amide bonds. The zero-order chi connectivity index (χ0) is 18.4. The zero-order valence-electron chi connectivity index (χ0n) is 14.4. The number of nitrogens with one attached hydrogen (secondary N) is 2. The Bertz CT molecular complexity index is 752. The van der Waals surface area contributed by atoms with Crippen LogP contribution in [-0.4, -0.2) is 17.6 Å². The lowest BCUT2D eigenvalue weighted by atomic mass is 10.1. The molecule has 0 saturated carbocycles. The summed E-state index contributed by atoms with van der Waals surface area (Å²) in [6, 6.07) is 14.3. The molecule has 0 spiro atoms. The Morgan fingerprint density at radius 2 is 1.52 bits per heavy atom. The Labute approximate surface area is 155 Å². The van der Waals surface area contributed by atoms with E-state index in [4.69, 9.17) is 4.74 Å². The van der Waals surface area contributed by atoms with Crippen LogP contribution >= 0.6 is 15.9 Å². The largest absolute Gasteiger partial charge is 0.444 e. The molecule has 25 heavy (non-hydrogen) atoms. The fourth-order valence-corrected chi connectivity index (χ4v) is 2.43. The number of rotatable bonds is 4. The minimum atomic E-state index is -0.598. The fourth-order valence-electron chi connectivity index (χ4n) is 2.05. The van der Waals surface area contributed by atoms with Crippen molar-refractivity contribution in [2.45, 2.75) is 31.7 Å². The second kappa shape index (κ2) is 8.16. The maximum absolute atomic E-state index is 12.4. The first-order chi connectivity index (χ1) is 11.8. The van der Waals surface area contributed by atoms with Gasteiger partial charge in [0.15, 0.2) is 0 Å². The molecule has 2 N–H and O–H groups in total. The Morgan fingerprint density at radius 3 is 2.04 bits per heavy atom. The first-order valence-electron chi connectivity index (χ1n) is 7.84. The number of hydrogen-bond donors (Lipinski definition) is 2. The molecule has 0 radical (unpaired) electrons. The molecule has 0 heterocycles. The predicted octanol–water partition coefficient (Wildman–Crippen LogP) is 5.18. The van der Waals surface area contributed by atoms with Gasteiger partial charge in [-0.05, 0) is 50.6 Å². The Morgan fingerprint density at radius 1 is 0.960 bits per heavy atom. The highest BCUT2D eigenvalue weighted by atomic mass is 79.9. The number of anilines is 2. The van der Waals surface area contributed by atoms with Gasteiger partial charge < -0.3 is 10.1 Å². The Hall–Kier alpha value is -2.34. The fraction of sp³-hybridized carbons (Fsp3) is 0.263. The molecule has 6 heteroatoms. The van der Waals surface area contributed by atoms with Gasteiger partial charge in [-0.25, -0.2) is 4.79 Å². The number of amides is 2. The number of ether oxygens (including phenoxy) is 1. The summed E-state index contributed by atoms with van der Waals surface area (Å²) in [6.07, 6.45) is -0.573. The summed E-state index contributed by atoms with van der Waals surface area (Å²) in [5.41, 5.74) is 2.00. The van der Waals surface area contributed by atoms with Crippen LogP contribution in [-0.2, 0) is 10.1 Å². The normalized spacial score (nSPS) is 10.9. The predicted molar refractivity (Wildman–Crippen MR) is 103 cm³/mol. The third-order valence-corrected chi connectivity index (χ3v) is 3.83. The van der Waals surface area contributed by atoms with Crippen LogP contribution in [0.1, 0.15) is 36.7 Å². The van der Waals surface area contributed by atoms with Crippen LogP contribution in [0.5, 0.6) is 0 Å². The summed E-state index contributed by atoms with van der Waals surface area (Å²) in [5, 5.41) is 6.21. The van der Waals surface area contributed by atoms with Crippen molar-refractivity contribution < 1.29 is 14.3 Å². The minimum absolute atomic E-state index is 0.250. The summed E-state index contributed by atoms with van der Waals surface area (Å²) in [4.78, 5) is 24.4. The van der Waals surface area contributed by atoms with Crippen molar-refractivity contribution in [3.05, 3.63) is 59.7 Å². The maximum Gasteiger partial charge on any atom is 0.412 e. The highest BCUT2D eigenvalue weighted by molar-refractivity contribution is 9.08. The lowest BCUT2D eigenvalue weighted by Gasteiger charge is -2.20. The van der Waals surface area contributed by atoms with Crippen LogP contribution in [0.15, 0.2) is 48.5 Å². The molecule has 2 aromatic carbocycles. The SMILES string of the molecule is CC(C)(C)OC(=O)Nc1ccccc1NC(=O)c1ccc(CBr)cc1. The van der Waals surface area contributed by atoms with E-state index < -0.39 is 11.7 Å². The summed E-state index contributed by atoms with van der Waals surface area (Å²) in [6.45, 7) is 5.37. The average molecular weight is 405 g/mol. The van der Waals surface area contributed by atoms with E-state index in [1.165, 1.54) is 0 Å². The topological polar surface area (TPSA) is 67.4 Å². The maximum atomic E-state index is 12.4. The summed E-state index contributed by atoms with van der Waals surface area (Å²) < 4.78 is 5.24. The van der Waals surface area contributed by atoms with E-state index in [2.05, 4.69) is 26.6 Å². The smallest absolute Gasteiger partial charge is 0.412 e. The molecule has 0 aliphatic heterocycles. The highest BCUT2D eigenvalue weighted by Crippen LogP contribution is 2.23. The van der Waals surface area contributed by atoms with Crippen LogP contribution in [0.2, 0.25) is 0 Å². The molecule has 5 nitrogen and oxygen atoms in total. The number of para-hydroxylation sites is 2. The second-order valence-corrected chi connectivity index (χ2v) is 7.02. The van der Waals surface area contributed by atoms with Gasteiger partial charge in [0.05, 0.1) is 11.4 Å². The molecule has 0 unspecified atom stereocenters. The van der Waals surface area contributed by atoms with Gasteiger partial charge in [-0.2, -0.15) is 0 Å². The lowest BCUT2D eigenvalue weighted by Crippen LogP contribution is -2.27. The van der Waals surface area contributed by atoms with E-state index in [1.54, 1.807) is 57.2 Å². The van der Waals surface area contributed by atoms with Crippen LogP contribution in [0, 0.1) is 0 Å². The molecule has 0 saturated heterocycles. The quantitative estimate of drug-likeness (QED) is 0.689. The monoisotopic (exact) mass is 404 g/mol. The standard InChI is InChI=1S/C19H21BrN2O3/c1-19(2,3)25-18(24)22-16-7-5-4-6-15(16)21-17(23)14-10-8-13(12-20)9-11-14/h4-11H,12H2,1-3H3,(H,21,23)(H,22,24). The molecule has 0 atom stereocenters. The van der Waals surface area contributed by atoms with Crippen molar-refractivity contribution in [2.24, 2.45) is 0 Å². The van der Waals surface area contributed by atoms with Gasteiger partial charge in [-0.1, -0.05) is 40.2 Å². The molecule has 0 aliphatic rings. The number of carbonyl (C=O) groups is 2. The van der Waals surface area contributed by atoms with E-state index in [0.717, 1.165) is 10.9 Å². The van der Waals surface area contributed by atoms with E-state index in [-0.39, 0.29) is 5.91 Å². The van der Waals surface area contributed by atoms with Gasteiger partial charge in [0.1, 0.15) is 5.60 Å². The van der Waals surface area contributed by atoms with E-state index >= 15 is 0 Å². The van der Waals surface area contributed by atoms with E-state index in [1.807, 2.05) is 12.1 Å². The van der Waals surface area contributed by atoms with Crippen LogP contribution in [0.25, 0.3) is 0 Å². The third-order valence-electron chi connectivity index (χ3n) is 3.18. The molecule has 2 aromatic rings. The molecular weight excluding hydrogens is 384 g/mol. The van der Waals surface area contributed by atoms with Gasteiger partial charge in [-0.3, -0.25) is 10.1 Å². The first-order valence-corrected chi connectivity index (χ1v) is 8.96. The molecule has 0 aromatic heterocycles. The van der Waals surface area contributed by atoms with E-state index in [0.29, 0.717) is 16.9 Å². The third kappa shape index (κ3) is 5.90. The Kier molecular flexibility index (Phi) is 6.20. The molecular formula is C19H21BrN2O3. The number of carbonyl (C=O) groups excluding carboxylic acids is 2. The van der Waals surface area contributed by atoms with Gasteiger partial charge in [0.25, 0.3) is 5.91 Å². The summed E-state index contributed by atoms with van der Waals surface area (Å²) in [7, 11) is 0. The minimum Gasteiger partial charge on any atom is -0.444 e. The molecule has 0 aliphatic carbocycles. The lowest BCUT2D eigenvalue weighted by molar-refractivity contribution is 0.0635. The van der Waals surface area contributed by atoms with Crippen molar-refractivity contribution in [3.8, 4) is 0 Å². The highest BCUT2D eigenvalue weighted by Gasteiger charge is 2.17. The average Bonchev–Trinajstić information content (AvgIpc) is 2.55. The summed E-state index contributed by atoms with van der Waals surface area (Å²) >= 11 is 3.37. The van der Waals surface area contributed by atoms with Crippen LogP contribution < -0.4 is 10.6 Å². The van der Waals surface area contributed by atoms with Crippen molar-refractivity contribution in [3.63, 3.8) is 0 Å².